The van der Waals surface area contributed by atoms with Gasteiger partial charge in [-0.05, 0) is 41.8 Å². The molecule has 0 radical (unpaired) electrons. The highest BCUT2D eigenvalue weighted by molar-refractivity contribution is 7.98. The molecule has 0 atom stereocenters. The topological polar surface area (TPSA) is 90.9 Å². The number of hydrogen-bond donors (Lipinski definition) is 1. The summed E-state index contributed by atoms with van der Waals surface area (Å²) in [5.74, 6) is 0.412. The summed E-state index contributed by atoms with van der Waals surface area (Å²) >= 11 is 7.16. The van der Waals surface area contributed by atoms with Crippen LogP contribution in [0, 0.1) is 0 Å². The third kappa shape index (κ3) is 4.03. The second-order valence-corrected chi connectivity index (χ2v) is 8.66. The van der Waals surface area contributed by atoms with Gasteiger partial charge in [-0.2, -0.15) is 13.4 Å². The molecule has 0 aliphatic heterocycles. The van der Waals surface area contributed by atoms with Gasteiger partial charge in [-0.1, -0.05) is 54.6 Å². The van der Waals surface area contributed by atoms with E-state index in [4.69, 9.17) is 17.3 Å². The van der Waals surface area contributed by atoms with E-state index in [0.717, 1.165) is 21.6 Å². The molecule has 0 fully saturated rings. The first-order chi connectivity index (χ1) is 12.4. The number of rotatable bonds is 6. The Hall–Kier alpha value is -2.03. The number of nitrogens with two attached hydrogens (primary N) is 1. The number of nitrogens with zero attached hydrogens (tertiary/aromatic N) is 3. The minimum absolute atomic E-state index is 0.126. The SMILES string of the molecule is CCc1ccc(S(=O)(=O)n2nc(SCc3ccc(Cl)cc3)nc2N)cc1. The van der Waals surface area contributed by atoms with Crippen LogP contribution < -0.4 is 5.73 Å². The molecule has 0 amide bonds. The molecule has 0 saturated carbocycles. The van der Waals surface area contributed by atoms with Gasteiger partial charge in [-0.3, -0.25) is 0 Å². The summed E-state index contributed by atoms with van der Waals surface area (Å²) in [6.45, 7) is 2.00. The van der Waals surface area contributed by atoms with Crippen molar-refractivity contribution in [1.82, 2.24) is 14.2 Å². The van der Waals surface area contributed by atoms with E-state index in [-0.39, 0.29) is 10.8 Å². The lowest BCUT2D eigenvalue weighted by Gasteiger charge is -2.05. The zero-order valence-electron chi connectivity index (χ0n) is 14.0. The highest BCUT2D eigenvalue weighted by atomic mass is 35.5. The van der Waals surface area contributed by atoms with E-state index >= 15 is 0 Å². The van der Waals surface area contributed by atoms with Gasteiger partial charge < -0.3 is 5.73 Å². The first kappa shape index (κ1) is 18.8. The molecule has 0 bridgehead atoms. The van der Waals surface area contributed by atoms with E-state index < -0.39 is 10.0 Å². The highest BCUT2D eigenvalue weighted by Crippen LogP contribution is 2.24. The highest BCUT2D eigenvalue weighted by Gasteiger charge is 2.22. The Morgan fingerprint density at radius 1 is 1.08 bits per heavy atom. The molecule has 1 heterocycles. The molecular formula is C17H17ClN4O2S2. The molecule has 136 valence electrons. The van der Waals surface area contributed by atoms with Crippen molar-refractivity contribution < 1.29 is 8.42 Å². The van der Waals surface area contributed by atoms with Crippen molar-refractivity contribution in [3.05, 3.63) is 64.7 Å². The maximum atomic E-state index is 12.7. The number of aryl methyl sites for hydroxylation is 1. The Bertz CT molecular complexity index is 1000. The molecule has 0 spiro atoms. The van der Waals surface area contributed by atoms with Gasteiger partial charge in [0.15, 0.2) is 0 Å². The molecule has 0 saturated heterocycles. The molecule has 26 heavy (non-hydrogen) atoms. The Balaban J connectivity index is 1.81. The van der Waals surface area contributed by atoms with Crippen LogP contribution in [0.25, 0.3) is 0 Å². The second kappa shape index (κ2) is 7.69. The van der Waals surface area contributed by atoms with E-state index in [1.54, 1.807) is 36.4 Å². The standard InChI is InChI=1S/C17H17ClN4O2S2/c1-2-12-5-9-15(10-6-12)26(23,24)22-16(19)20-17(21-22)25-11-13-3-7-14(18)8-4-13/h3-10H,2,11H2,1H3,(H2,19,20,21). The Kier molecular flexibility index (Phi) is 5.55. The zero-order valence-corrected chi connectivity index (χ0v) is 16.4. The molecule has 1 aromatic heterocycles. The summed E-state index contributed by atoms with van der Waals surface area (Å²) in [6, 6.07) is 14.0. The molecule has 9 heteroatoms. The van der Waals surface area contributed by atoms with Crippen LogP contribution in [-0.2, 0) is 22.2 Å². The van der Waals surface area contributed by atoms with Gasteiger partial charge in [0.2, 0.25) is 11.1 Å². The van der Waals surface area contributed by atoms with Gasteiger partial charge in [0, 0.05) is 10.8 Å². The van der Waals surface area contributed by atoms with Crippen molar-refractivity contribution in [2.75, 3.05) is 5.73 Å². The largest absolute Gasteiger partial charge is 0.367 e. The molecule has 3 rings (SSSR count). The first-order valence-electron chi connectivity index (χ1n) is 7.84. The van der Waals surface area contributed by atoms with Crippen molar-refractivity contribution in [3.63, 3.8) is 0 Å². The fraction of sp³-hybridized carbons (Fsp3) is 0.176. The van der Waals surface area contributed by atoms with Crippen molar-refractivity contribution in [2.24, 2.45) is 0 Å². The zero-order chi connectivity index (χ0) is 18.7. The first-order valence-corrected chi connectivity index (χ1v) is 10.6. The quantitative estimate of drug-likeness (QED) is 0.626. The predicted octanol–water partition coefficient (Wildman–Crippen LogP) is 3.61. The summed E-state index contributed by atoms with van der Waals surface area (Å²) in [5.41, 5.74) is 7.86. The van der Waals surface area contributed by atoms with Crippen molar-refractivity contribution in [1.29, 1.82) is 0 Å². The molecule has 3 aromatic rings. The maximum Gasteiger partial charge on any atom is 0.286 e. The summed E-state index contributed by atoms with van der Waals surface area (Å²) in [7, 11) is -3.88. The van der Waals surface area contributed by atoms with Crippen molar-refractivity contribution in [2.45, 2.75) is 29.1 Å². The Labute approximate surface area is 161 Å². The van der Waals surface area contributed by atoms with Crippen LogP contribution in [0.1, 0.15) is 18.1 Å². The van der Waals surface area contributed by atoms with Crippen LogP contribution in [0.3, 0.4) is 0 Å². The lowest BCUT2D eigenvalue weighted by atomic mass is 10.2. The molecule has 0 unspecified atom stereocenters. The summed E-state index contributed by atoms with van der Waals surface area (Å²) in [5, 5.41) is 5.02. The van der Waals surface area contributed by atoms with Gasteiger partial charge in [-0.25, -0.2) is 0 Å². The minimum atomic E-state index is -3.88. The normalized spacial score (nSPS) is 11.6. The third-order valence-corrected chi connectivity index (χ3v) is 6.47. The minimum Gasteiger partial charge on any atom is -0.367 e. The van der Waals surface area contributed by atoms with Crippen LogP contribution in [-0.4, -0.2) is 22.6 Å². The van der Waals surface area contributed by atoms with E-state index in [1.165, 1.54) is 11.8 Å². The van der Waals surface area contributed by atoms with Gasteiger partial charge in [0.25, 0.3) is 10.0 Å². The number of thioether (sulfide) groups is 1. The lowest BCUT2D eigenvalue weighted by molar-refractivity contribution is 0.579. The lowest BCUT2D eigenvalue weighted by Crippen LogP contribution is -2.17. The second-order valence-electron chi connectivity index (χ2n) is 5.51. The van der Waals surface area contributed by atoms with Crippen LogP contribution in [0.2, 0.25) is 5.02 Å². The number of hydrogen-bond acceptors (Lipinski definition) is 6. The van der Waals surface area contributed by atoms with Gasteiger partial charge in [-0.15, -0.1) is 9.19 Å². The monoisotopic (exact) mass is 408 g/mol. The van der Waals surface area contributed by atoms with E-state index in [9.17, 15) is 8.42 Å². The van der Waals surface area contributed by atoms with E-state index in [0.29, 0.717) is 15.9 Å². The average molecular weight is 409 g/mol. The van der Waals surface area contributed by atoms with Crippen LogP contribution in [0.4, 0.5) is 5.95 Å². The van der Waals surface area contributed by atoms with Gasteiger partial charge in [0.05, 0.1) is 4.90 Å². The van der Waals surface area contributed by atoms with Crippen LogP contribution in [0.5, 0.6) is 0 Å². The number of nitrogen functional groups attached to an aromatic ring is 1. The summed E-state index contributed by atoms with van der Waals surface area (Å²) in [6.07, 6.45) is 0.831. The maximum absolute atomic E-state index is 12.7. The molecule has 6 nitrogen and oxygen atoms in total. The van der Waals surface area contributed by atoms with E-state index in [1.807, 2.05) is 19.1 Å². The predicted molar refractivity (Wildman–Crippen MR) is 104 cm³/mol. The van der Waals surface area contributed by atoms with Gasteiger partial charge in [0.1, 0.15) is 0 Å². The Morgan fingerprint density at radius 2 is 1.69 bits per heavy atom. The molecule has 0 aliphatic rings. The van der Waals surface area contributed by atoms with E-state index in [2.05, 4.69) is 10.1 Å². The molecular weight excluding hydrogens is 392 g/mol. The number of anilines is 1. The molecule has 2 N–H and O–H groups in total. The Morgan fingerprint density at radius 3 is 2.31 bits per heavy atom. The number of aromatic nitrogens is 3. The average Bonchev–Trinajstić information content (AvgIpc) is 3.03. The number of halogens is 1. The smallest absolute Gasteiger partial charge is 0.286 e. The molecule has 2 aromatic carbocycles. The summed E-state index contributed by atoms with van der Waals surface area (Å²) in [4.78, 5) is 4.18. The van der Waals surface area contributed by atoms with Crippen molar-refractivity contribution >= 4 is 39.3 Å². The fourth-order valence-corrected chi connectivity index (χ4v) is 4.37. The number of benzene rings is 2. The van der Waals surface area contributed by atoms with Crippen LogP contribution in [0.15, 0.2) is 58.6 Å². The molecule has 0 aliphatic carbocycles. The fourth-order valence-electron chi connectivity index (χ4n) is 2.26. The summed E-state index contributed by atoms with van der Waals surface area (Å²) < 4.78 is 26.2. The van der Waals surface area contributed by atoms with Crippen LogP contribution >= 0.6 is 23.4 Å². The van der Waals surface area contributed by atoms with Gasteiger partial charge >= 0.3 is 0 Å². The van der Waals surface area contributed by atoms with Crippen molar-refractivity contribution in [3.8, 4) is 0 Å². The third-order valence-electron chi connectivity index (χ3n) is 3.72.